The van der Waals surface area contributed by atoms with E-state index in [1.165, 1.54) is 23.7 Å². The molecule has 7 rings (SSSR count). The third kappa shape index (κ3) is 9.62. The fourth-order valence-corrected chi connectivity index (χ4v) is 11.7. The summed E-state index contributed by atoms with van der Waals surface area (Å²) in [5.74, 6) is -3.89. The average Bonchev–Trinajstić information content (AvgIpc) is 3.96. The molecule has 4 saturated heterocycles. The van der Waals surface area contributed by atoms with E-state index in [9.17, 15) is 32.3 Å². The van der Waals surface area contributed by atoms with Crippen LogP contribution < -0.4 is 0 Å². The Morgan fingerprint density at radius 3 is 2.48 bits per heavy atom. The lowest BCUT2D eigenvalue weighted by Gasteiger charge is -2.46. The van der Waals surface area contributed by atoms with Gasteiger partial charge in [-0.25, -0.2) is 22.3 Å². The van der Waals surface area contributed by atoms with Gasteiger partial charge in [0.25, 0.3) is 0 Å². The quantitative estimate of drug-likeness (QED) is 0.169. The molecule has 6 heterocycles. The van der Waals surface area contributed by atoms with E-state index in [1.54, 1.807) is 43.2 Å². The van der Waals surface area contributed by atoms with E-state index in [0.717, 1.165) is 17.5 Å². The number of sulfone groups is 1. The number of esters is 1. The van der Waals surface area contributed by atoms with Gasteiger partial charge in [0.1, 0.15) is 24.8 Å². The molecule has 1 amide bonds. The van der Waals surface area contributed by atoms with Gasteiger partial charge in [0.05, 0.1) is 59.7 Å². The van der Waals surface area contributed by atoms with Crippen LogP contribution in [-0.2, 0) is 56.0 Å². The molecule has 17 nitrogen and oxygen atoms in total. The van der Waals surface area contributed by atoms with Crippen LogP contribution in [0.2, 0.25) is 0 Å². The predicted molar refractivity (Wildman–Crippen MR) is 240 cm³/mol. The highest BCUT2D eigenvalue weighted by molar-refractivity contribution is 7.90. The molecule has 2 aromatic rings. The van der Waals surface area contributed by atoms with Gasteiger partial charge < -0.3 is 33.7 Å². The number of benzene rings is 1. The Morgan fingerprint density at radius 1 is 1.12 bits per heavy atom. The van der Waals surface area contributed by atoms with Gasteiger partial charge in [-0.3, -0.25) is 19.5 Å². The zero-order valence-corrected chi connectivity index (χ0v) is 40.4. The number of cyclic esters (lactones) is 1. The van der Waals surface area contributed by atoms with Crippen molar-refractivity contribution in [2.45, 2.75) is 152 Å². The van der Waals surface area contributed by atoms with E-state index in [-0.39, 0.29) is 42.4 Å². The smallest absolute Gasteiger partial charge is 0.411 e. The normalized spacial score (nSPS) is 36.9. The lowest BCUT2D eigenvalue weighted by molar-refractivity contribution is -0.293. The summed E-state index contributed by atoms with van der Waals surface area (Å²) in [4.78, 5) is 51.1. The SMILES string of the molecule is C=CC1CN=C2[C@@H]3CO[C@](C)(C3)[C@H](O[C@@H]3O[C@H](C)C[C@H](N(C)CCc4cn([C@H](CF)Cc5ccc(S(C)(=O)=O)cc5)nn4)[C@H]3O)[C@@H](C)C(=O)[C@@H](C)C(=O)O[C@H](CC)[C@@]3(C)OC(=O)N1[C@@H]3[C@H]2C. The third-order valence-corrected chi connectivity index (χ3v) is 15.9. The maximum absolute atomic E-state index is 14.5. The van der Waals surface area contributed by atoms with Gasteiger partial charge in [-0.1, -0.05) is 44.2 Å². The van der Waals surface area contributed by atoms with Gasteiger partial charge in [-0.05, 0) is 78.1 Å². The Balaban J connectivity index is 1.09. The zero-order chi connectivity index (χ0) is 48.0. The Bertz CT molecular complexity index is 2260. The first-order valence-corrected chi connectivity index (χ1v) is 25.0. The van der Waals surface area contributed by atoms with E-state index >= 15 is 0 Å². The van der Waals surface area contributed by atoms with Gasteiger partial charge in [-0.2, -0.15) is 0 Å². The Hall–Kier alpha value is -4.14. The molecular formula is C47H67FN6O11S. The highest BCUT2D eigenvalue weighted by Crippen LogP contribution is 2.47. The summed E-state index contributed by atoms with van der Waals surface area (Å²) in [5.41, 5.74) is -0.151. The predicted octanol–water partition coefficient (Wildman–Crippen LogP) is 4.36. The second kappa shape index (κ2) is 19.5. The number of carbonyl (C=O) groups excluding carboxylic acids is 3. The van der Waals surface area contributed by atoms with Crippen LogP contribution in [-0.4, -0.2) is 162 Å². The highest BCUT2D eigenvalue weighted by atomic mass is 32.2. The number of fused-ring (bicyclic) bond motifs is 4. The van der Waals surface area contributed by atoms with Gasteiger partial charge in [0.15, 0.2) is 27.5 Å². The highest BCUT2D eigenvalue weighted by Gasteiger charge is 2.62. The third-order valence-electron chi connectivity index (χ3n) is 14.8. The molecule has 5 aliphatic rings. The molecule has 4 fully saturated rings. The minimum atomic E-state index is -3.36. The number of halogens is 1. The monoisotopic (exact) mass is 942 g/mol. The molecule has 1 aromatic carbocycles. The summed E-state index contributed by atoms with van der Waals surface area (Å²) in [6.07, 6.45) is 1.34. The number of amides is 1. The summed E-state index contributed by atoms with van der Waals surface area (Å²) in [6, 6.07) is 4.24. The molecule has 19 heteroatoms. The minimum absolute atomic E-state index is 0.189. The number of likely N-dealkylation sites (N-methyl/N-ethyl adjacent to an activating group) is 1. The minimum Gasteiger partial charge on any atom is -0.458 e. The molecule has 0 saturated carbocycles. The van der Waals surface area contributed by atoms with E-state index in [1.807, 2.05) is 39.6 Å². The maximum atomic E-state index is 14.5. The molecule has 1 unspecified atom stereocenters. The molecule has 4 bridgehead atoms. The first kappa shape index (κ1) is 49.8. The van der Waals surface area contributed by atoms with Crippen molar-refractivity contribution < 1.29 is 56.0 Å². The number of Topliss-reactive ketones (excluding diaryl/α,β-unsaturated/α-hetero) is 1. The number of ether oxygens (including phenoxy) is 5. The molecule has 0 spiro atoms. The van der Waals surface area contributed by atoms with Gasteiger partial charge in [-0.15, -0.1) is 11.7 Å². The number of carbonyl (C=O) groups is 3. The fraction of sp³-hybridized carbons (Fsp3) is 0.702. The fourth-order valence-electron chi connectivity index (χ4n) is 11.0. The van der Waals surface area contributed by atoms with Crippen molar-refractivity contribution in [2.75, 3.05) is 39.7 Å². The average molecular weight is 943 g/mol. The van der Waals surface area contributed by atoms with Crippen LogP contribution in [0.3, 0.4) is 0 Å². The molecular weight excluding hydrogens is 876 g/mol. The number of rotatable bonds is 13. The largest absolute Gasteiger partial charge is 0.458 e. The molecule has 1 aromatic heterocycles. The number of aliphatic imine (C=N–C) groups is 1. The van der Waals surface area contributed by atoms with Crippen LogP contribution in [0, 0.1) is 23.7 Å². The van der Waals surface area contributed by atoms with Gasteiger partial charge >= 0.3 is 12.1 Å². The van der Waals surface area contributed by atoms with Crippen LogP contribution in [0.25, 0.3) is 0 Å². The van der Waals surface area contributed by atoms with Crippen LogP contribution in [0.4, 0.5) is 9.18 Å². The lowest BCUT2D eigenvalue weighted by atomic mass is 9.74. The van der Waals surface area contributed by atoms with Crippen LogP contribution in [0.1, 0.15) is 85.0 Å². The summed E-state index contributed by atoms with van der Waals surface area (Å²) in [5, 5.41) is 20.6. The summed E-state index contributed by atoms with van der Waals surface area (Å²) in [6.45, 7) is 16.9. The van der Waals surface area contributed by atoms with Crippen molar-refractivity contribution in [1.29, 1.82) is 0 Å². The molecule has 364 valence electrons. The van der Waals surface area contributed by atoms with E-state index < -0.39 is 106 Å². The zero-order valence-electron chi connectivity index (χ0n) is 39.5. The summed E-state index contributed by atoms with van der Waals surface area (Å²) < 4.78 is 71.7. The van der Waals surface area contributed by atoms with Crippen LogP contribution >= 0.6 is 0 Å². The van der Waals surface area contributed by atoms with Crippen molar-refractivity contribution in [1.82, 2.24) is 24.8 Å². The molecule has 0 radical (unpaired) electrons. The maximum Gasteiger partial charge on any atom is 0.411 e. The molecule has 5 aliphatic heterocycles. The number of aromatic nitrogens is 3. The second-order valence-corrected chi connectivity index (χ2v) is 21.6. The number of ketones is 1. The van der Waals surface area contributed by atoms with Crippen molar-refractivity contribution in [3.63, 3.8) is 0 Å². The topological polar surface area (TPSA) is 201 Å². The molecule has 66 heavy (non-hydrogen) atoms. The Morgan fingerprint density at radius 2 is 1.83 bits per heavy atom. The standard InChI is InChI=1S/C47H67FN6O11S/c1-11-33-23-49-38-27(4)41-47(8,65-45(58)54(33)41)37(12-2)63-43(57)29(6)39(55)28(5)42(46(7)21-31(38)25-61-46)64-44-40(56)36(19-26(3)62-44)52(9)18-17-32-24-53(51-50-32)34(22-48)20-30-13-15-35(16-14-30)66(10,59)60/h11,13-16,24,26-29,31,33-34,36-37,40-42,44,56H,1,12,17-23,25H2,2-10H3/t26-,27+,28+,29-,31+,33?,34+,36+,37-,40-,41-,42-,44+,46-,47-/m1/s1. The number of hydrogen-bond donors (Lipinski definition) is 1. The first-order valence-electron chi connectivity index (χ1n) is 23.1. The van der Waals surface area contributed by atoms with Gasteiger partial charge in [0.2, 0.25) is 0 Å². The van der Waals surface area contributed by atoms with Crippen molar-refractivity contribution in [3.05, 3.63) is 54.4 Å². The van der Waals surface area contributed by atoms with Crippen molar-refractivity contribution in [2.24, 2.45) is 28.7 Å². The first-order chi connectivity index (χ1) is 31.1. The summed E-state index contributed by atoms with van der Waals surface area (Å²) in [7, 11) is -1.47. The Labute approximate surface area is 387 Å². The van der Waals surface area contributed by atoms with E-state index in [4.69, 9.17) is 28.7 Å². The number of aliphatic hydroxyl groups is 1. The molecule has 15 atom stereocenters. The van der Waals surface area contributed by atoms with E-state index in [2.05, 4.69) is 16.9 Å². The summed E-state index contributed by atoms with van der Waals surface area (Å²) >= 11 is 0. The number of nitrogens with zero attached hydrogens (tertiary/aromatic N) is 6. The molecule has 1 N–H and O–H groups in total. The van der Waals surface area contributed by atoms with E-state index in [0.29, 0.717) is 37.9 Å². The number of hydrogen-bond acceptors (Lipinski definition) is 15. The lowest BCUT2D eigenvalue weighted by Crippen LogP contribution is -2.59. The van der Waals surface area contributed by atoms with Crippen LogP contribution in [0.15, 0.2) is 53.0 Å². The van der Waals surface area contributed by atoms with Crippen molar-refractivity contribution in [3.8, 4) is 0 Å². The van der Waals surface area contributed by atoms with Crippen LogP contribution in [0.5, 0.6) is 0 Å². The second-order valence-electron chi connectivity index (χ2n) is 19.5. The number of alkyl halides is 1. The Kier molecular flexibility index (Phi) is 14.7. The van der Waals surface area contributed by atoms with Gasteiger partial charge in [0, 0.05) is 54.9 Å². The number of aliphatic hydroxyl groups excluding tert-OH is 1. The molecule has 0 aliphatic carbocycles. The van der Waals surface area contributed by atoms with Crippen molar-refractivity contribution >= 4 is 33.4 Å².